The smallest absolute Gasteiger partial charge is 0.00264 e. The first-order valence-electron chi connectivity index (χ1n) is 15.5. The van der Waals surface area contributed by atoms with Gasteiger partial charge in [-0.25, -0.2) is 0 Å². The van der Waals surface area contributed by atoms with E-state index in [2.05, 4.69) is 188 Å². The lowest BCUT2D eigenvalue weighted by molar-refractivity contribution is 1.61. The van der Waals surface area contributed by atoms with Crippen LogP contribution in [0, 0.1) is 0 Å². The molecular weight excluding hydrogens is 559 g/mol. The van der Waals surface area contributed by atoms with Crippen molar-refractivity contribution in [2.24, 2.45) is 0 Å². The third kappa shape index (κ3) is 5.14. The molecule has 0 N–H and O–H groups in total. The molecule has 0 radical (unpaired) electrons. The first kappa shape index (κ1) is 27.3. The van der Waals surface area contributed by atoms with Gasteiger partial charge in [0.25, 0.3) is 0 Å². The van der Waals surface area contributed by atoms with E-state index in [1.807, 2.05) is 0 Å². The number of benzene rings is 8. The maximum Gasteiger partial charge on any atom is -0.00264 e. The maximum atomic E-state index is 2.35. The number of fused-ring (bicyclic) bond motifs is 2. The topological polar surface area (TPSA) is 0 Å². The van der Waals surface area contributed by atoms with Crippen LogP contribution >= 0.6 is 7.92 Å². The Bertz CT molecular complexity index is 2120. The van der Waals surface area contributed by atoms with Gasteiger partial charge in [-0.2, -0.15) is 0 Å². The largest absolute Gasteiger partial charge is 0.0622 e. The summed E-state index contributed by atoms with van der Waals surface area (Å²) in [5.74, 6) is 0. The highest BCUT2D eigenvalue weighted by atomic mass is 31.1. The van der Waals surface area contributed by atoms with Gasteiger partial charge in [0.2, 0.25) is 0 Å². The Balaban J connectivity index is 1.28. The molecule has 0 saturated heterocycles. The second kappa shape index (κ2) is 12.0. The Morgan fingerprint density at radius 3 is 0.933 bits per heavy atom. The molecule has 0 aromatic heterocycles. The van der Waals surface area contributed by atoms with Gasteiger partial charge in [0.15, 0.2) is 0 Å². The molecule has 0 aliphatic heterocycles. The van der Waals surface area contributed by atoms with Gasteiger partial charge in [-0.3, -0.25) is 0 Å². The molecule has 45 heavy (non-hydrogen) atoms. The van der Waals surface area contributed by atoms with Crippen LogP contribution in [0.5, 0.6) is 0 Å². The van der Waals surface area contributed by atoms with Gasteiger partial charge in [-0.15, -0.1) is 0 Å². The predicted molar refractivity (Wildman–Crippen MR) is 196 cm³/mol. The Morgan fingerprint density at radius 2 is 0.511 bits per heavy atom. The molecule has 0 atom stereocenters. The summed E-state index contributed by atoms with van der Waals surface area (Å²) in [6.45, 7) is 0. The standard InChI is InChI=1S/C44H31P/c1-4-14-32(15-5-1)33-24-26-34(27-25-33)43-39-20-10-12-22-41(39)44(42-23-13-11-21-40(42)43)35-28-30-38(31-29-35)45(36-16-6-2-7-17-36)37-18-8-3-9-19-37/h1-31H. The Labute approximate surface area is 266 Å². The van der Waals surface area contributed by atoms with Gasteiger partial charge in [0.1, 0.15) is 0 Å². The molecule has 0 aliphatic carbocycles. The summed E-state index contributed by atoms with van der Waals surface area (Å²) in [6, 6.07) is 68.7. The van der Waals surface area contributed by atoms with Crippen molar-refractivity contribution in [2.75, 3.05) is 0 Å². The highest BCUT2D eigenvalue weighted by Gasteiger charge is 2.19. The molecule has 212 valence electrons. The summed E-state index contributed by atoms with van der Waals surface area (Å²) in [4.78, 5) is 0. The molecule has 0 nitrogen and oxygen atoms in total. The fourth-order valence-corrected chi connectivity index (χ4v) is 8.87. The van der Waals surface area contributed by atoms with Crippen LogP contribution in [-0.4, -0.2) is 0 Å². The molecule has 0 spiro atoms. The quantitative estimate of drug-likeness (QED) is 0.133. The Morgan fingerprint density at radius 1 is 0.222 bits per heavy atom. The highest BCUT2D eigenvalue weighted by Crippen LogP contribution is 2.44. The van der Waals surface area contributed by atoms with Gasteiger partial charge < -0.3 is 0 Å². The molecule has 0 aliphatic rings. The van der Waals surface area contributed by atoms with Gasteiger partial charge >= 0.3 is 0 Å². The van der Waals surface area contributed by atoms with Crippen LogP contribution in [0.1, 0.15) is 0 Å². The van der Waals surface area contributed by atoms with Crippen LogP contribution in [0.3, 0.4) is 0 Å². The van der Waals surface area contributed by atoms with Crippen LogP contribution in [0.25, 0.3) is 54.9 Å². The second-order valence-electron chi connectivity index (χ2n) is 11.3. The molecule has 0 fully saturated rings. The molecular formula is C44H31P. The molecule has 0 bridgehead atoms. The lowest BCUT2D eigenvalue weighted by Gasteiger charge is -2.21. The van der Waals surface area contributed by atoms with Crippen molar-refractivity contribution in [3.8, 4) is 33.4 Å². The summed E-state index contributed by atoms with van der Waals surface area (Å²) in [7, 11) is -0.652. The minimum atomic E-state index is -0.652. The average molecular weight is 591 g/mol. The van der Waals surface area contributed by atoms with E-state index in [4.69, 9.17) is 0 Å². The molecule has 0 unspecified atom stereocenters. The molecule has 0 amide bonds. The minimum Gasteiger partial charge on any atom is -0.0622 e. The summed E-state index contributed by atoms with van der Waals surface area (Å²) in [6.07, 6.45) is 0. The van der Waals surface area contributed by atoms with E-state index in [0.717, 1.165) is 0 Å². The fourth-order valence-electron chi connectivity index (χ4n) is 6.59. The summed E-state index contributed by atoms with van der Waals surface area (Å²) in [5, 5.41) is 9.20. The van der Waals surface area contributed by atoms with Crippen molar-refractivity contribution >= 4 is 45.4 Å². The van der Waals surface area contributed by atoms with Gasteiger partial charge in [-0.05, 0) is 78.8 Å². The average Bonchev–Trinajstić information content (AvgIpc) is 3.12. The van der Waals surface area contributed by atoms with E-state index in [-0.39, 0.29) is 0 Å². The van der Waals surface area contributed by atoms with Crippen molar-refractivity contribution in [3.63, 3.8) is 0 Å². The first-order chi connectivity index (χ1) is 22.3. The van der Waals surface area contributed by atoms with E-state index in [1.165, 1.54) is 70.8 Å². The number of hydrogen-bond donors (Lipinski definition) is 0. The molecule has 8 aromatic rings. The lowest BCUT2D eigenvalue weighted by Crippen LogP contribution is -2.20. The van der Waals surface area contributed by atoms with Crippen LogP contribution in [0.15, 0.2) is 188 Å². The zero-order chi connectivity index (χ0) is 30.0. The van der Waals surface area contributed by atoms with E-state index >= 15 is 0 Å². The number of rotatable bonds is 6. The van der Waals surface area contributed by atoms with Crippen molar-refractivity contribution in [3.05, 3.63) is 188 Å². The van der Waals surface area contributed by atoms with E-state index in [1.54, 1.807) is 0 Å². The molecule has 8 rings (SSSR count). The van der Waals surface area contributed by atoms with Gasteiger partial charge in [-0.1, -0.05) is 188 Å². The second-order valence-corrected chi connectivity index (χ2v) is 13.6. The van der Waals surface area contributed by atoms with Crippen molar-refractivity contribution < 1.29 is 0 Å². The van der Waals surface area contributed by atoms with Crippen LogP contribution in [-0.2, 0) is 0 Å². The lowest BCUT2D eigenvalue weighted by atomic mass is 9.86. The minimum absolute atomic E-state index is 0.652. The monoisotopic (exact) mass is 590 g/mol. The fraction of sp³-hybridized carbons (Fsp3) is 0. The molecule has 0 heterocycles. The summed E-state index contributed by atoms with van der Waals surface area (Å²) in [5.41, 5.74) is 7.53. The number of hydrogen-bond acceptors (Lipinski definition) is 0. The highest BCUT2D eigenvalue weighted by molar-refractivity contribution is 7.79. The summed E-state index contributed by atoms with van der Waals surface area (Å²) < 4.78 is 0. The SMILES string of the molecule is c1ccc(-c2ccc(-c3c4ccccc4c(-c4ccc(P(c5ccccc5)c5ccccc5)cc4)c4ccccc34)cc2)cc1. The van der Waals surface area contributed by atoms with E-state index < -0.39 is 7.92 Å². The normalized spacial score (nSPS) is 11.3. The van der Waals surface area contributed by atoms with Crippen LogP contribution in [0.2, 0.25) is 0 Å². The first-order valence-corrected chi connectivity index (χ1v) is 16.8. The van der Waals surface area contributed by atoms with E-state index in [0.29, 0.717) is 0 Å². The zero-order valence-corrected chi connectivity index (χ0v) is 25.7. The molecule has 8 aromatic carbocycles. The molecule has 1 heteroatoms. The third-order valence-electron chi connectivity index (χ3n) is 8.66. The van der Waals surface area contributed by atoms with Crippen molar-refractivity contribution in [1.29, 1.82) is 0 Å². The van der Waals surface area contributed by atoms with Crippen molar-refractivity contribution in [2.45, 2.75) is 0 Å². The maximum absolute atomic E-state index is 2.35. The van der Waals surface area contributed by atoms with Gasteiger partial charge in [0, 0.05) is 0 Å². The Hall–Kier alpha value is -5.29. The van der Waals surface area contributed by atoms with E-state index in [9.17, 15) is 0 Å². The third-order valence-corrected chi connectivity index (χ3v) is 11.1. The molecule has 0 saturated carbocycles. The van der Waals surface area contributed by atoms with Gasteiger partial charge in [0.05, 0.1) is 0 Å². The zero-order valence-electron chi connectivity index (χ0n) is 24.8. The van der Waals surface area contributed by atoms with Crippen LogP contribution < -0.4 is 15.9 Å². The predicted octanol–water partition coefficient (Wildman–Crippen LogP) is 10.8. The Kier molecular flexibility index (Phi) is 7.28. The summed E-state index contributed by atoms with van der Waals surface area (Å²) >= 11 is 0. The van der Waals surface area contributed by atoms with Crippen LogP contribution in [0.4, 0.5) is 0 Å². The van der Waals surface area contributed by atoms with Crippen molar-refractivity contribution in [1.82, 2.24) is 0 Å².